The summed E-state index contributed by atoms with van der Waals surface area (Å²) in [5, 5.41) is 7.53. The Balaban J connectivity index is 4.04. The van der Waals surface area contributed by atoms with Crippen LogP contribution in [0.2, 0.25) is 0 Å². The molecule has 0 aromatic rings. The molecule has 0 saturated heterocycles. The van der Waals surface area contributed by atoms with Gasteiger partial charge in [0.25, 0.3) is 0 Å². The number of hydrogen-bond acceptors (Lipinski definition) is 3. The van der Waals surface area contributed by atoms with Crippen LogP contribution in [0.25, 0.3) is 0 Å². The largest absolute Gasteiger partial charge is 0.386 e. The Morgan fingerprint density at radius 3 is 2.20 bits per heavy atom. The minimum atomic E-state index is 0.122. The van der Waals surface area contributed by atoms with E-state index in [4.69, 9.17) is 11.1 Å². The molecule has 0 spiro atoms. The number of likely N-dealkylation sites (N-methyl/N-ethyl adjacent to an activating group) is 1. The van der Waals surface area contributed by atoms with E-state index in [0.717, 1.165) is 32.5 Å². The van der Waals surface area contributed by atoms with E-state index in [9.17, 15) is 0 Å². The van der Waals surface area contributed by atoms with Crippen LogP contribution in [0.1, 0.15) is 26.7 Å². The average molecular weight is 214 g/mol. The van der Waals surface area contributed by atoms with Crippen LogP contribution in [0.3, 0.4) is 0 Å². The third kappa shape index (κ3) is 5.74. The number of amidine groups is 1. The van der Waals surface area contributed by atoms with E-state index in [1.54, 1.807) is 0 Å². The van der Waals surface area contributed by atoms with Gasteiger partial charge in [-0.3, -0.25) is 10.3 Å². The van der Waals surface area contributed by atoms with Crippen molar-refractivity contribution in [1.29, 1.82) is 5.41 Å². The second kappa shape index (κ2) is 7.65. The van der Waals surface area contributed by atoms with Crippen LogP contribution in [-0.4, -0.2) is 55.4 Å². The summed E-state index contributed by atoms with van der Waals surface area (Å²) in [6, 6.07) is 0.122. The summed E-state index contributed by atoms with van der Waals surface area (Å²) in [6.45, 7) is 7.28. The predicted octanol–water partition coefficient (Wildman–Crippen LogP) is 0.975. The maximum atomic E-state index is 7.53. The molecule has 0 amide bonds. The molecule has 0 saturated carbocycles. The summed E-state index contributed by atoms with van der Waals surface area (Å²) in [5.74, 6) is 0.296. The molecule has 0 aromatic heterocycles. The highest BCUT2D eigenvalue weighted by atomic mass is 15.2. The van der Waals surface area contributed by atoms with Gasteiger partial charge in [-0.15, -0.1) is 0 Å². The molecule has 4 heteroatoms. The van der Waals surface area contributed by atoms with Crippen LogP contribution in [-0.2, 0) is 0 Å². The predicted molar refractivity (Wildman–Crippen MR) is 66.4 cm³/mol. The van der Waals surface area contributed by atoms with Gasteiger partial charge >= 0.3 is 0 Å². The first-order chi connectivity index (χ1) is 7.02. The van der Waals surface area contributed by atoms with Crippen LogP contribution < -0.4 is 5.73 Å². The average Bonchev–Trinajstić information content (AvgIpc) is 2.15. The molecule has 0 aromatic carbocycles. The smallest absolute Gasteiger partial charge is 0.108 e. The van der Waals surface area contributed by atoms with Crippen molar-refractivity contribution >= 4 is 5.84 Å². The van der Waals surface area contributed by atoms with Crippen LogP contribution >= 0.6 is 0 Å². The molecule has 0 aliphatic heterocycles. The van der Waals surface area contributed by atoms with Gasteiger partial charge in [-0.25, -0.2) is 0 Å². The molecule has 0 rings (SSSR count). The molecule has 0 bridgehead atoms. The lowest BCUT2D eigenvalue weighted by Gasteiger charge is -2.29. The zero-order valence-corrected chi connectivity index (χ0v) is 10.6. The summed E-state index contributed by atoms with van der Waals surface area (Å²) >= 11 is 0. The fourth-order valence-electron chi connectivity index (χ4n) is 1.80. The Kier molecular flexibility index (Phi) is 7.34. The number of hydrogen-bond donors (Lipinski definition) is 2. The van der Waals surface area contributed by atoms with Gasteiger partial charge in [-0.1, -0.05) is 13.8 Å². The summed E-state index contributed by atoms with van der Waals surface area (Å²) < 4.78 is 0. The molecule has 90 valence electrons. The molecule has 1 atom stereocenters. The third-order valence-corrected chi connectivity index (χ3v) is 2.64. The first kappa shape index (κ1) is 14.4. The quantitative estimate of drug-likeness (QED) is 0.468. The molecule has 0 heterocycles. The summed E-state index contributed by atoms with van der Waals surface area (Å²) in [5.41, 5.74) is 5.59. The minimum absolute atomic E-state index is 0.122. The Labute approximate surface area is 93.9 Å². The van der Waals surface area contributed by atoms with E-state index >= 15 is 0 Å². The molecule has 4 nitrogen and oxygen atoms in total. The van der Waals surface area contributed by atoms with Crippen LogP contribution in [0, 0.1) is 5.41 Å². The zero-order chi connectivity index (χ0) is 11.8. The second-order valence-corrected chi connectivity index (χ2v) is 4.16. The highest BCUT2D eigenvalue weighted by molar-refractivity contribution is 5.82. The van der Waals surface area contributed by atoms with E-state index in [1.807, 2.05) is 0 Å². The van der Waals surface area contributed by atoms with Crippen molar-refractivity contribution in [3.63, 3.8) is 0 Å². The van der Waals surface area contributed by atoms with Crippen LogP contribution in [0.5, 0.6) is 0 Å². The first-order valence-corrected chi connectivity index (χ1v) is 5.75. The van der Waals surface area contributed by atoms with Gasteiger partial charge in [0.1, 0.15) is 5.84 Å². The van der Waals surface area contributed by atoms with E-state index in [1.165, 1.54) is 0 Å². The highest BCUT2D eigenvalue weighted by Crippen LogP contribution is 2.04. The topological polar surface area (TPSA) is 56.4 Å². The van der Waals surface area contributed by atoms with Crippen LogP contribution in [0.15, 0.2) is 0 Å². The summed E-state index contributed by atoms with van der Waals surface area (Å²) in [7, 11) is 4.16. The van der Waals surface area contributed by atoms with Gasteiger partial charge in [0.05, 0.1) is 6.04 Å². The standard InChI is InChI=1S/C11H26N4/c1-5-10(11(12)13)15(6-2)9-7-8-14(3)4/h10H,5-9H2,1-4H3,(H3,12,13). The third-order valence-electron chi connectivity index (χ3n) is 2.64. The zero-order valence-electron chi connectivity index (χ0n) is 10.6. The van der Waals surface area contributed by atoms with Crippen molar-refractivity contribution in [2.24, 2.45) is 5.73 Å². The fraction of sp³-hybridized carbons (Fsp3) is 0.909. The molecule has 0 aliphatic rings. The second-order valence-electron chi connectivity index (χ2n) is 4.16. The van der Waals surface area contributed by atoms with E-state index in [0.29, 0.717) is 5.84 Å². The van der Waals surface area contributed by atoms with Gasteiger partial charge in [0.15, 0.2) is 0 Å². The van der Waals surface area contributed by atoms with Crippen molar-refractivity contribution in [3.8, 4) is 0 Å². The van der Waals surface area contributed by atoms with Gasteiger partial charge < -0.3 is 10.6 Å². The Bertz CT molecular complexity index is 179. The molecule has 0 radical (unpaired) electrons. The molecular weight excluding hydrogens is 188 g/mol. The Morgan fingerprint density at radius 2 is 1.87 bits per heavy atom. The minimum Gasteiger partial charge on any atom is -0.386 e. The first-order valence-electron chi connectivity index (χ1n) is 5.75. The van der Waals surface area contributed by atoms with E-state index in [-0.39, 0.29) is 6.04 Å². The molecular formula is C11H26N4. The number of nitrogens with zero attached hydrogens (tertiary/aromatic N) is 2. The SMILES string of the molecule is CCC(C(=N)N)N(CC)CCCN(C)C. The maximum Gasteiger partial charge on any atom is 0.108 e. The van der Waals surface area contributed by atoms with Crippen molar-refractivity contribution in [1.82, 2.24) is 9.80 Å². The molecule has 0 aliphatic carbocycles. The maximum absolute atomic E-state index is 7.53. The highest BCUT2D eigenvalue weighted by Gasteiger charge is 2.17. The van der Waals surface area contributed by atoms with Crippen molar-refractivity contribution < 1.29 is 0 Å². The number of rotatable bonds is 8. The molecule has 0 fully saturated rings. The fourth-order valence-corrected chi connectivity index (χ4v) is 1.80. The lowest BCUT2D eigenvalue weighted by molar-refractivity contribution is 0.232. The van der Waals surface area contributed by atoms with E-state index in [2.05, 4.69) is 37.7 Å². The number of nitrogens with one attached hydrogen (secondary N) is 1. The monoisotopic (exact) mass is 214 g/mol. The van der Waals surface area contributed by atoms with Gasteiger partial charge in [-0.2, -0.15) is 0 Å². The molecule has 1 unspecified atom stereocenters. The van der Waals surface area contributed by atoms with Crippen molar-refractivity contribution in [2.75, 3.05) is 33.7 Å². The van der Waals surface area contributed by atoms with Gasteiger partial charge in [-0.05, 0) is 40.0 Å². The van der Waals surface area contributed by atoms with Crippen molar-refractivity contribution in [2.45, 2.75) is 32.7 Å². The van der Waals surface area contributed by atoms with Gasteiger partial charge in [0.2, 0.25) is 0 Å². The summed E-state index contributed by atoms with van der Waals surface area (Å²) in [6.07, 6.45) is 2.05. The summed E-state index contributed by atoms with van der Waals surface area (Å²) in [4.78, 5) is 4.47. The Morgan fingerprint density at radius 1 is 1.27 bits per heavy atom. The molecule has 15 heavy (non-hydrogen) atoms. The van der Waals surface area contributed by atoms with Crippen molar-refractivity contribution in [3.05, 3.63) is 0 Å². The lowest BCUT2D eigenvalue weighted by Crippen LogP contribution is -2.44. The van der Waals surface area contributed by atoms with Crippen LogP contribution in [0.4, 0.5) is 0 Å². The van der Waals surface area contributed by atoms with Gasteiger partial charge in [0, 0.05) is 6.54 Å². The Hall–Kier alpha value is -0.610. The number of nitrogens with two attached hydrogens (primary N) is 1. The lowest BCUT2D eigenvalue weighted by atomic mass is 10.1. The normalized spacial score (nSPS) is 13.5. The molecule has 3 N–H and O–H groups in total. The van der Waals surface area contributed by atoms with E-state index < -0.39 is 0 Å².